The molecule has 0 heterocycles. The summed E-state index contributed by atoms with van der Waals surface area (Å²) in [4.78, 5) is 0. The fourth-order valence-electron chi connectivity index (χ4n) is 1.71. The van der Waals surface area contributed by atoms with Crippen LogP contribution in [0.2, 0.25) is 0 Å². The van der Waals surface area contributed by atoms with Crippen LogP contribution in [0.5, 0.6) is 0 Å². The molecule has 0 aromatic heterocycles. The lowest BCUT2D eigenvalue weighted by Gasteiger charge is -2.07. The van der Waals surface area contributed by atoms with E-state index in [4.69, 9.17) is 5.11 Å². The molecule has 0 rings (SSSR count). The Labute approximate surface area is 113 Å². The third-order valence-corrected chi connectivity index (χ3v) is 4.56. The van der Waals surface area contributed by atoms with Crippen LogP contribution >= 0.6 is 0 Å². The average molecular weight is 304 g/mol. The van der Waals surface area contributed by atoms with E-state index in [0.717, 1.165) is 19.3 Å². The van der Waals surface area contributed by atoms with E-state index in [9.17, 15) is 21.6 Å². The largest absolute Gasteiger partial charge is 0.393 e. The summed E-state index contributed by atoms with van der Waals surface area (Å²) in [5.41, 5.74) is 0. The maximum atomic E-state index is 11.9. The van der Waals surface area contributed by atoms with Gasteiger partial charge in [0.25, 0.3) is 0 Å². The Hall–Kier alpha value is -0.300. The smallest absolute Gasteiger partial charge is 0.389 e. The van der Waals surface area contributed by atoms with Gasteiger partial charge in [0.15, 0.2) is 0 Å². The van der Waals surface area contributed by atoms with Crippen molar-refractivity contribution in [1.29, 1.82) is 0 Å². The number of sulfone groups is 1. The zero-order valence-corrected chi connectivity index (χ0v) is 12.1. The van der Waals surface area contributed by atoms with Gasteiger partial charge in [0.1, 0.15) is 9.84 Å². The van der Waals surface area contributed by atoms with Gasteiger partial charge in [-0.05, 0) is 26.2 Å². The number of unbranched alkanes of at least 4 members (excludes halogenated alkanes) is 3. The molecule has 0 saturated heterocycles. The summed E-state index contributed by atoms with van der Waals surface area (Å²) < 4.78 is 58.5. The minimum atomic E-state index is -4.28. The van der Waals surface area contributed by atoms with Crippen LogP contribution in [0, 0.1) is 0 Å². The highest BCUT2D eigenvalue weighted by atomic mass is 32.2. The Kier molecular flexibility index (Phi) is 8.65. The van der Waals surface area contributed by atoms with Crippen LogP contribution < -0.4 is 0 Å². The second-order valence-electron chi connectivity index (χ2n) is 4.92. The summed E-state index contributed by atoms with van der Waals surface area (Å²) in [6.07, 6.45) is -2.44. The van der Waals surface area contributed by atoms with Gasteiger partial charge >= 0.3 is 6.18 Å². The van der Waals surface area contributed by atoms with Crippen LogP contribution in [0.3, 0.4) is 0 Å². The maximum Gasteiger partial charge on any atom is 0.389 e. The number of hydrogen-bond donors (Lipinski definition) is 1. The molecule has 116 valence electrons. The molecule has 0 aromatic carbocycles. The summed E-state index contributed by atoms with van der Waals surface area (Å²) in [7, 11) is -3.36. The molecule has 0 bridgehead atoms. The minimum absolute atomic E-state index is 0.0421. The van der Waals surface area contributed by atoms with Crippen molar-refractivity contribution in [1.82, 2.24) is 0 Å². The highest BCUT2D eigenvalue weighted by molar-refractivity contribution is 7.91. The van der Waals surface area contributed by atoms with Gasteiger partial charge in [-0.15, -0.1) is 0 Å². The van der Waals surface area contributed by atoms with Crippen molar-refractivity contribution in [2.45, 2.75) is 64.1 Å². The number of hydrogen-bond acceptors (Lipinski definition) is 3. The standard InChI is InChI=1S/C12H23F3O3S/c1-11(16)7-4-2-3-5-9-19(17,18)10-6-8-12(13,14)15/h11,16H,2-10H2,1H3/t11-/m0/s1. The molecule has 0 unspecified atom stereocenters. The quantitative estimate of drug-likeness (QED) is 0.631. The molecule has 0 aliphatic rings. The first-order chi connectivity index (χ1) is 8.62. The summed E-state index contributed by atoms with van der Waals surface area (Å²) in [5.74, 6) is -0.431. The van der Waals surface area contributed by atoms with E-state index < -0.39 is 22.4 Å². The zero-order chi connectivity index (χ0) is 14.9. The third kappa shape index (κ3) is 13.9. The molecular formula is C12H23F3O3S. The minimum Gasteiger partial charge on any atom is -0.393 e. The maximum absolute atomic E-state index is 11.9. The molecule has 0 aliphatic heterocycles. The van der Waals surface area contributed by atoms with E-state index in [2.05, 4.69) is 0 Å². The van der Waals surface area contributed by atoms with Crippen LogP contribution in [-0.4, -0.2) is 37.3 Å². The summed E-state index contributed by atoms with van der Waals surface area (Å²) in [6.45, 7) is 1.70. The van der Waals surface area contributed by atoms with Crippen molar-refractivity contribution in [2.24, 2.45) is 0 Å². The molecule has 1 N–H and O–H groups in total. The predicted octanol–water partition coefficient (Wildman–Crippen LogP) is 3.08. The topological polar surface area (TPSA) is 54.4 Å². The Bertz CT molecular complexity index is 324. The van der Waals surface area contributed by atoms with E-state index in [1.165, 1.54) is 0 Å². The molecule has 0 fully saturated rings. The zero-order valence-electron chi connectivity index (χ0n) is 11.2. The van der Waals surface area contributed by atoms with E-state index in [0.29, 0.717) is 12.8 Å². The lowest BCUT2D eigenvalue weighted by molar-refractivity contribution is -0.134. The highest BCUT2D eigenvalue weighted by Gasteiger charge is 2.27. The second-order valence-corrected chi connectivity index (χ2v) is 7.23. The Balaban J connectivity index is 3.63. The van der Waals surface area contributed by atoms with Crippen molar-refractivity contribution >= 4 is 9.84 Å². The van der Waals surface area contributed by atoms with Gasteiger partial charge in [-0.3, -0.25) is 0 Å². The number of halogens is 3. The predicted molar refractivity (Wildman–Crippen MR) is 68.7 cm³/mol. The number of aliphatic hydroxyl groups is 1. The summed E-state index contributed by atoms with van der Waals surface area (Å²) >= 11 is 0. The number of rotatable bonds is 10. The molecule has 3 nitrogen and oxygen atoms in total. The van der Waals surface area contributed by atoms with Gasteiger partial charge in [0.2, 0.25) is 0 Å². The summed E-state index contributed by atoms with van der Waals surface area (Å²) in [5, 5.41) is 9.01. The van der Waals surface area contributed by atoms with Gasteiger partial charge in [-0.1, -0.05) is 19.3 Å². The average Bonchev–Trinajstić information content (AvgIpc) is 2.20. The van der Waals surface area contributed by atoms with Crippen LogP contribution in [-0.2, 0) is 9.84 Å². The van der Waals surface area contributed by atoms with E-state index in [-0.39, 0.29) is 24.0 Å². The van der Waals surface area contributed by atoms with Crippen LogP contribution in [0.25, 0.3) is 0 Å². The number of aliphatic hydroxyl groups excluding tert-OH is 1. The SMILES string of the molecule is C[C@H](O)CCCCCCS(=O)(=O)CCCC(F)(F)F. The first-order valence-electron chi connectivity index (χ1n) is 6.57. The molecule has 0 aromatic rings. The molecular weight excluding hydrogens is 281 g/mol. The van der Waals surface area contributed by atoms with Gasteiger partial charge in [0.05, 0.1) is 17.6 Å². The van der Waals surface area contributed by atoms with Gasteiger partial charge in [-0.25, -0.2) is 8.42 Å². The summed E-state index contributed by atoms with van der Waals surface area (Å²) in [6, 6.07) is 0. The second kappa shape index (κ2) is 8.79. The van der Waals surface area contributed by atoms with Crippen LogP contribution in [0.4, 0.5) is 13.2 Å². The molecule has 0 aliphatic carbocycles. The van der Waals surface area contributed by atoms with Gasteiger partial charge < -0.3 is 5.11 Å². The van der Waals surface area contributed by atoms with E-state index in [1.807, 2.05) is 0 Å². The monoisotopic (exact) mass is 304 g/mol. The normalized spacial score (nSPS) is 14.6. The molecule has 0 radical (unpaired) electrons. The fraction of sp³-hybridized carbons (Fsp3) is 1.00. The van der Waals surface area contributed by atoms with Crippen molar-refractivity contribution < 1.29 is 26.7 Å². The van der Waals surface area contributed by atoms with Crippen molar-refractivity contribution in [3.8, 4) is 0 Å². The van der Waals surface area contributed by atoms with Crippen molar-refractivity contribution in [3.05, 3.63) is 0 Å². The fourth-order valence-corrected chi connectivity index (χ4v) is 3.14. The Morgan fingerprint density at radius 2 is 1.53 bits per heavy atom. The molecule has 7 heteroatoms. The third-order valence-electron chi connectivity index (χ3n) is 2.74. The highest BCUT2D eigenvalue weighted by Crippen LogP contribution is 2.21. The lowest BCUT2D eigenvalue weighted by atomic mass is 10.1. The lowest BCUT2D eigenvalue weighted by Crippen LogP contribution is -2.15. The van der Waals surface area contributed by atoms with E-state index >= 15 is 0 Å². The molecule has 0 amide bonds. The van der Waals surface area contributed by atoms with Crippen LogP contribution in [0.15, 0.2) is 0 Å². The number of alkyl halides is 3. The molecule has 1 atom stereocenters. The van der Waals surface area contributed by atoms with E-state index in [1.54, 1.807) is 6.92 Å². The van der Waals surface area contributed by atoms with Gasteiger partial charge in [-0.2, -0.15) is 13.2 Å². The molecule has 19 heavy (non-hydrogen) atoms. The van der Waals surface area contributed by atoms with Crippen molar-refractivity contribution in [3.63, 3.8) is 0 Å². The first-order valence-corrected chi connectivity index (χ1v) is 8.40. The Morgan fingerprint density at radius 3 is 2.05 bits per heavy atom. The Morgan fingerprint density at radius 1 is 1.00 bits per heavy atom. The molecule has 0 saturated carbocycles. The molecule has 0 spiro atoms. The first kappa shape index (κ1) is 18.7. The van der Waals surface area contributed by atoms with Gasteiger partial charge in [0, 0.05) is 6.42 Å². The van der Waals surface area contributed by atoms with Crippen molar-refractivity contribution in [2.75, 3.05) is 11.5 Å². The van der Waals surface area contributed by atoms with Crippen LogP contribution in [0.1, 0.15) is 51.9 Å².